The zero-order chi connectivity index (χ0) is 15.0. The number of para-hydroxylation sites is 1. The summed E-state index contributed by atoms with van der Waals surface area (Å²) >= 11 is 1.25. The molecule has 20 heavy (non-hydrogen) atoms. The molecule has 1 amide bonds. The molecule has 0 aromatic heterocycles. The minimum absolute atomic E-state index is 0.394. The number of rotatable bonds is 7. The summed E-state index contributed by atoms with van der Waals surface area (Å²) in [5.74, 6) is 0.629. The predicted molar refractivity (Wildman–Crippen MR) is 72.9 cm³/mol. The van der Waals surface area contributed by atoms with E-state index in [1.54, 1.807) is 6.92 Å². The van der Waals surface area contributed by atoms with Crippen molar-refractivity contribution in [1.29, 1.82) is 0 Å². The van der Waals surface area contributed by atoms with E-state index in [2.05, 4.69) is 0 Å². The Morgan fingerprint density at radius 2 is 2.00 bits per heavy atom. The quantitative estimate of drug-likeness (QED) is 0.787. The van der Waals surface area contributed by atoms with Gasteiger partial charge in [0.05, 0.1) is 11.9 Å². The molecule has 1 rings (SSSR count). The van der Waals surface area contributed by atoms with Crippen molar-refractivity contribution >= 4 is 17.7 Å². The van der Waals surface area contributed by atoms with Crippen LogP contribution in [0.4, 0.5) is 13.2 Å². The second-order valence-electron chi connectivity index (χ2n) is 4.01. The van der Waals surface area contributed by atoms with Gasteiger partial charge in [-0.25, -0.2) is 0 Å². The lowest BCUT2D eigenvalue weighted by atomic mass is 10.3. The Morgan fingerprint density at radius 1 is 1.35 bits per heavy atom. The number of alkyl halides is 3. The highest BCUT2D eigenvalue weighted by Gasteiger charge is 2.28. The molecule has 0 spiro atoms. The molecule has 0 bridgehead atoms. The zero-order valence-electron chi connectivity index (χ0n) is 10.9. The summed E-state index contributed by atoms with van der Waals surface area (Å²) < 4.78 is 41.2. The van der Waals surface area contributed by atoms with Gasteiger partial charge in [-0.15, -0.1) is 11.8 Å². The molecule has 0 saturated carbocycles. The number of hydrogen-bond acceptors (Lipinski definition) is 3. The molecule has 0 aliphatic heterocycles. The van der Waals surface area contributed by atoms with Crippen molar-refractivity contribution in [2.45, 2.75) is 18.3 Å². The first-order chi connectivity index (χ1) is 9.38. The van der Waals surface area contributed by atoms with Gasteiger partial charge in [0, 0.05) is 5.75 Å². The first-order valence-corrected chi connectivity index (χ1v) is 7.07. The minimum atomic E-state index is -4.38. The van der Waals surface area contributed by atoms with Crippen LogP contribution in [0, 0.1) is 0 Å². The number of halogens is 3. The summed E-state index contributed by atoms with van der Waals surface area (Å²) in [6, 6.07) is 9.17. The van der Waals surface area contributed by atoms with E-state index in [0.29, 0.717) is 12.4 Å². The van der Waals surface area contributed by atoms with Crippen LogP contribution in [0.5, 0.6) is 5.75 Å². The smallest absolute Gasteiger partial charge is 0.405 e. The molecule has 0 heterocycles. The summed E-state index contributed by atoms with van der Waals surface area (Å²) in [6.07, 6.45) is -4.38. The summed E-state index contributed by atoms with van der Waals surface area (Å²) in [7, 11) is 0. The second-order valence-corrected chi connectivity index (χ2v) is 5.46. The van der Waals surface area contributed by atoms with E-state index < -0.39 is 23.9 Å². The number of ether oxygens (including phenoxy) is 1. The molecule has 0 aliphatic rings. The number of hydrogen-bond donors (Lipinski definition) is 1. The number of benzene rings is 1. The summed E-state index contributed by atoms with van der Waals surface area (Å²) in [5.41, 5.74) is 0. The van der Waals surface area contributed by atoms with Gasteiger partial charge in [0.1, 0.15) is 12.3 Å². The lowest BCUT2D eigenvalue weighted by molar-refractivity contribution is -0.137. The third kappa shape index (κ3) is 7.28. The van der Waals surface area contributed by atoms with Crippen LogP contribution in [-0.4, -0.2) is 36.2 Å². The third-order valence-corrected chi connectivity index (χ3v) is 3.41. The molecule has 0 aliphatic carbocycles. The Morgan fingerprint density at radius 3 is 2.60 bits per heavy atom. The molecule has 7 heteroatoms. The monoisotopic (exact) mass is 307 g/mol. The molecular formula is C13H16F3NO2S. The highest BCUT2D eigenvalue weighted by molar-refractivity contribution is 8.00. The van der Waals surface area contributed by atoms with Gasteiger partial charge < -0.3 is 10.1 Å². The second kappa shape index (κ2) is 8.04. The summed E-state index contributed by atoms with van der Waals surface area (Å²) in [5, 5.41) is 1.31. The highest BCUT2D eigenvalue weighted by Crippen LogP contribution is 2.15. The molecule has 1 aromatic rings. The number of thioether (sulfide) groups is 1. The van der Waals surface area contributed by atoms with Crippen LogP contribution in [0.3, 0.4) is 0 Å². The maximum absolute atomic E-state index is 11.9. The maximum Gasteiger partial charge on any atom is 0.405 e. The molecular weight excluding hydrogens is 291 g/mol. The maximum atomic E-state index is 11.9. The fraction of sp³-hybridized carbons (Fsp3) is 0.462. The van der Waals surface area contributed by atoms with Crippen molar-refractivity contribution in [3.8, 4) is 5.75 Å². The molecule has 1 unspecified atom stereocenters. The topological polar surface area (TPSA) is 38.3 Å². The van der Waals surface area contributed by atoms with Gasteiger partial charge in [-0.05, 0) is 19.1 Å². The van der Waals surface area contributed by atoms with Crippen LogP contribution in [0.2, 0.25) is 0 Å². The molecule has 1 atom stereocenters. The van der Waals surface area contributed by atoms with Gasteiger partial charge in [-0.3, -0.25) is 4.79 Å². The van der Waals surface area contributed by atoms with Crippen LogP contribution in [-0.2, 0) is 4.79 Å². The van der Waals surface area contributed by atoms with Crippen molar-refractivity contribution in [1.82, 2.24) is 5.32 Å². The van der Waals surface area contributed by atoms with E-state index >= 15 is 0 Å². The normalized spacial score (nSPS) is 12.8. The molecule has 0 radical (unpaired) electrons. The molecule has 0 fully saturated rings. The Bertz CT molecular complexity index is 412. The SMILES string of the molecule is CC(SCCOc1ccccc1)C(=O)NCC(F)(F)F. The Labute approximate surface area is 119 Å². The molecule has 1 N–H and O–H groups in total. The fourth-order valence-electron chi connectivity index (χ4n) is 1.31. The van der Waals surface area contributed by atoms with E-state index in [-0.39, 0.29) is 0 Å². The lowest BCUT2D eigenvalue weighted by Gasteiger charge is -2.13. The minimum Gasteiger partial charge on any atom is -0.493 e. The van der Waals surface area contributed by atoms with Gasteiger partial charge in [-0.1, -0.05) is 18.2 Å². The van der Waals surface area contributed by atoms with E-state index in [1.807, 2.05) is 35.6 Å². The lowest BCUT2D eigenvalue weighted by Crippen LogP contribution is -2.38. The van der Waals surface area contributed by atoms with Crippen LogP contribution in [0.25, 0.3) is 0 Å². The van der Waals surface area contributed by atoms with Crippen molar-refractivity contribution < 1.29 is 22.7 Å². The van der Waals surface area contributed by atoms with Crippen LogP contribution < -0.4 is 10.1 Å². The first-order valence-electron chi connectivity index (χ1n) is 6.02. The van der Waals surface area contributed by atoms with Gasteiger partial charge in [0.25, 0.3) is 0 Å². The van der Waals surface area contributed by atoms with Crippen LogP contribution in [0.1, 0.15) is 6.92 Å². The average molecular weight is 307 g/mol. The molecule has 112 valence electrons. The molecule has 1 aromatic carbocycles. The van der Waals surface area contributed by atoms with Gasteiger partial charge in [0.2, 0.25) is 5.91 Å². The highest BCUT2D eigenvalue weighted by atomic mass is 32.2. The van der Waals surface area contributed by atoms with Crippen molar-refractivity contribution in [3.05, 3.63) is 30.3 Å². The summed E-state index contributed by atoms with van der Waals surface area (Å²) in [6.45, 7) is 0.668. The largest absolute Gasteiger partial charge is 0.493 e. The number of nitrogens with one attached hydrogen (secondary N) is 1. The number of carbonyl (C=O) groups excluding carboxylic acids is 1. The van der Waals surface area contributed by atoms with E-state index in [0.717, 1.165) is 5.75 Å². The predicted octanol–water partition coefficient (Wildman–Crippen LogP) is 2.87. The van der Waals surface area contributed by atoms with Crippen molar-refractivity contribution in [3.63, 3.8) is 0 Å². The Hall–Kier alpha value is -1.37. The van der Waals surface area contributed by atoms with E-state index in [9.17, 15) is 18.0 Å². The number of carbonyl (C=O) groups is 1. The third-order valence-electron chi connectivity index (χ3n) is 2.30. The number of amides is 1. The van der Waals surface area contributed by atoms with Gasteiger partial charge in [-0.2, -0.15) is 13.2 Å². The van der Waals surface area contributed by atoms with E-state index in [4.69, 9.17) is 4.74 Å². The standard InChI is InChI=1S/C13H16F3NO2S/c1-10(12(18)17-9-13(14,15)16)20-8-7-19-11-5-3-2-4-6-11/h2-6,10H,7-9H2,1H3,(H,17,18). The van der Waals surface area contributed by atoms with Crippen molar-refractivity contribution in [2.24, 2.45) is 0 Å². The average Bonchev–Trinajstić information content (AvgIpc) is 2.41. The van der Waals surface area contributed by atoms with Crippen molar-refractivity contribution in [2.75, 3.05) is 18.9 Å². The van der Waals surface area contributed by atoms with Crippen LogP contribution >= 0.6 is 11.8 Å². The Balaban J connectivity index is 2.16. The fourth-order valence-corrected chi connectivity index (χ4v) is 2.08. The zero-order valence-corrected chi connectivity index (χ0v) is 11.8. The first kappa shape index (κ1) is 16.7. The Kier molecular flexibility index (Phi) is 6.70. The molecule has 0 saturated heterocycles. The molecule has 3 nitrogen and oxygen atoms in total. The van der Waals surface area contributed by atoms with E-state index in [1.165, 1.54) is 11.8 Å². The summed E-state index contributed by atoms with van der Waals surface area (Å²) in [4.78, 5) is 11.4. The van der Waals surface area contributed by atoms with Gasteiger partial charge >= 0.3 is 6.18 Å². The van der Waals surface area contributed by atoms with Gasteiger partial charge in [0.15, 0.2) is 0 Å². The van der Waals surface area contributed by atoms with Crippen LogP contribution in [0.15, 0.2) is 30.3 Å².